The third-order valence-electron chi connectivity index (χ3n) is 2.32. The topological polar surface area (TPSA) is 18.5 Å². The highest BCUT2D eigenvalue weighted by Gasteiger charge is 2.09. The van der Waals surface area contributed by atoms with E-state index in [1.807, 2.05) is 19.1 Å². The largest absolute Gasteiger partial charge is 0.493 e. The zero-order valence-corrected chi connectivity index (χ0v) is 9.83. The first kappa shape index (κ1) is 11.6. The summed E-state index contributed by atoms with van der Waals surface area (Å²) < 4.78 is 10.6. The van der Waals surface area contributed by atoms with Gasteiger partial charge in [-0.15, -0.1) is 0 Å². The van der Waals surface area contributed by atoms with E-state index in [-0.39, 0.29) is 0 Å². The molecule has 0 saturated carbocycles. The van der Waals surface area contributed by atoms with E-state index in [4.69, 9.17) is 9.47 Å². The maximum atomic E-state index is 5.34. The molecule has 15 heavy (non-hydrogen) atoms. The summed E-state index contributed by atoms with van der Waals surface area (Å²) in [6.07, 6.45) is 5.01. The second-order valence-corrected chi connectivity index (χ2v) is 3.27. The van der Waals surface area contributed by atoms with Gasteiger partial charge >= 0.3 is 0 Å². The fraction of sp³-hybridized carbons (Fsp3) is 0.385. The van der Waals surface area contributed by atoms with E-state index in [9.17, 15) is 0 Å². The predicted octanol–water partition coefficient (Wildman–Crippen LogP) is 3.30. The molecule has 2 nitrogen and oxygen atoms in total. The van der Waals surface area contributed by atoms with E-state index < -0.39 is 0 Å². The Hall–Kier alpha value is -1.44. The molecule has 0 aliphatic heterocycles. The number of benzene rings is 1. The van der Waals surface area contributed by atoms with E-state index in [1.165, 1.54) is 5.56 Å². The summed E-state index contributed by atoms with van der Waals surface area (Å²) in [4.78, 5) is 0. The van der Waals surface area contributed by atoms with Crippen molar-refractivity contribution in [1.29, 1.82) is 0 Å². The van der Waals surface area contributed by atoms with Crippen molar-refractivity contribution >= 4 is 6.08 Å². The molecule has 1 rings (SSSR count). The van der Waals surface area contributed by atoms with Crippen molar-refractivity contribution in [1.82, 2.24) is 0 Å². The summed E-state index contributed by atoms with van der Waals surface area (Å²) in [5.41, 5.74) is 2.32. The summed E-state index contributed by atoms with van der Waals surface area (Å²) in [6, 6.07) is 4.11. The normalized spacial score (nSPS) is 10.7. The van der Waals surface area contributed by atoms with Crippen molar-refractivity contribution in [2.75, 3.05) is 14.2 Å². The first-order chi connectivity index (χ1) is 7.26. The molecule has 0 fully saturated rings. The Kier molecular flexibility index (Phi) is 4.22. The molecule has 0 aliphatic carbocycles. The highest BCUT2D eigenvalue weighted by Crippen LogP contribution is 2.33. The van der Waals surface area contributed by atoms with Gasteiger partial charge in [0.2, 0.25) is 0 Å². The molecule has 0 unspecified atom stereocenters. The number of hydrogen-bond donors (Lipinski definition) is 0. The Bertz CT molecular complexity index is 329. The molecule has 0 spiro atoms. The minimum absolute atomic E-state index is 0.796. The van der Waals surface area contributed by atoms with Crippen LogP contribution in [0.1, 0.15) is 25.0 Å². The van der Waals surface area contributed by atoms with E-state index in [0.29, 0.717) is 0 Å². The fourth-order valence-electron chi connectivity index (χ4n) is 1.62. The molecule has 0 atom stereocenters. The predicted molar refractivity (Wildman–Crippen MR) is 63.6 cm³/mol. The van der Waals surface area contributed by atoms with Gasteiger partial charge in [-0.25, -0.2) is 0 Å². The molecule has 0 bridgehead atoms. The van der Waals surface area contributed by atoms with Gasteiger partial charge in [0.1, 0.15) is 0 Å². The van der Waals surface area contributed by atoms with Gasteiger partial charge in [0.15, 0.2) is 11.5 Å². The molecule has 0 radical (unpaired) electrons. The molecular weight excluding hydrogens is 188 g/mol. The number of methoxy groups -OCH3 is 2. The van der Waals surface area contributed by atoms with Crippen LogP contribution in [-0.4, -0.2) is 14.2 Å². The van der Waals surface area contributed by atoms with Crippen LogP contribution in [0.2, 0.25) is 0 Å². The van der Waals surface area contributed by atoms with Crippen LogP contribution in [0, 0.1) is 0 Å². The van der Waals surface area contributed by atoms with Crippen LogP contribution in [0.4, 0.5) is 0 Å². The minimum Gasteiger partial charge on any atom is -0.493 e. The Balaban J connectivity index is 3.28. The molecule has 0 amide bonds. The SMILES string of the molecule is C/C=C/c1cc(CC)c(OC)c(OC)c1. The van der Waals surface area contributed by atoms with Crippen molar-refractivity contribution in [3.05, 3.63) is 29.3 Å². The lowest BCUT2D eigenvalue weighted by molar-refractivity contribution is 0.352. The van der Waals surface area contributed by atoms with Crippen LogP contribution in [0.5, 0.6) is 11.5 Å². The third-order valence-corrected chi connectivity index (χ3v) is 2.32. The van der Waals surface area contributed by atoms with Gasteiger partial charge in [0.05, 0.1) is 14.2 Å². The number of ether oxygens (including phenoxy) is 2. The van der Waals surface area contributed by atoms with Gasteiger partial charge in [-0.1, -0.05) is 19.1 Å². The minimum atomic E-state index is 0.796. The maximum Gasteiger partial charge on any atom is 0.163 e. The molecular formula is C13H18O2. The monoisotopic (exact) mass is 206 g/mol. The van der Waals surface area contributed by atoms with E-state index in [2.05, 4.69) is 19.1 Å². The zero-order valence-electron chi connectivity index (χ0n) is 9.83. The molecule has 0 aliphatic rings. The van der Waals surface area contributed by atoms with Gasteiger partial charge < -0.3 is 9.47 Å². The lowest BCUT2D eigenvalue weighted by atomic mass is 10.1. The van der Waals surface area contributed by atoms with E-state index in [0.717, 1.165) is 23.5 Å². The lowest BCUT2D eigenvalue weighted by Crippen LogP contribution is -1.96. The van der Waals surface area contributed by atoms with Crippen LogP contribution in [0.15, 0.2) is 18.2 Å². The average Bonchev–Trinajstić information content (AvgIpc) is 2.28. The molecule has 0 heterocycles. The first-order valence-corrected chi connectivity index (χ1v) is 5.14. The number of allylic oxidation sites excluding steroid dienone is 1. The summed E-state index contributed by atoms with van der Waals surface area (Å²) in [6.45, 7) is 4.11. The Morgan fingerprint density at radius 3 is 2.40 bits per heavy atom. The zero-order chi connectivity index (χ0) is 11.3. The standard InChI is InChI=1S/C13H18O2/c1-5-7-10-8-11(6-2)13(15-4)12(9-10)14-3/h5,7-9H,6H2,1-4H3/b7-5+. The van der Waals surface area contributed by atoms with Crippen molar-refractivity contribution in [2.24, 2.45) is 0 Å². The third kappa shape index (κ3) is 2.52. The van der Waals surface area contributed by atoms with Gasteiger partial charge in [-0.2, -0.15) is 0 Å². The van der Waals surface area contributed by atoms with Crippen molar-refractivity contribution < 1.29 is 9.47 Å². The first-order valence-electron chi connectivity index (χ1n) is 5.14. The van der Waals surface area contributed by atoms with Crippen LogP contribution in [-0.2, 0) is 6.42 Å². The van der Waals surface area contributed by atoms with Gasteiger partial charge in [-0.05, 0) is 36.6 Å². The molecule has 1 aromatic rings. The Morgan fingerprint density at radius 1 is 1.20 bits per heavy atom. The highest BCUT2D eigenvalue weighted by molar-refractivity contribution is 5.59. The fourth-order valence-corrected chi connectivity index (χ4v) is 1.62. The van der Waals surface area contributed by atoms with Crippen LogP contribution < -0.4 is 9.47 Å². The molecule has 2 heteroatoms. The van der Waals surface area contributed by atoms with Crippen molar-refractivity contribution in [2.45, 2.75) is 20.3 Å². The molecule has 0 N–H and O–H groups in total. The second-order valence-electron chi connectivity index (χ2n) is 3.27. The highest BCUT2D eigenvalue weighted by atomic mass is 16.5. The van der Waals surface area contributed by atoms with Crippen molar-refractivity contribution in [3.63, 3.8) is 0 Å². The van der Waals surface area contributed by atoms with Crippen LogP contribution in [0.25, 0.3) is 6.08 Å². The van der Waals surface area contributed by atoms with Gasteiger partial charge in [-0.3, -0.25) is 0 Å². The Labute approximate surface area is 91.5 Å². The second kappa shape index (κ2) is 5.44. The summed E-state index contributed by atoms with van der Waals surface area (Å²) in [5.74, 6) is 1.64. The van der Waals surface area contributed by atoms with Crippen molar-refractivity contribution in [3.8, 4) is 11.5 Å². The number of rotatable bonds is 4. The summed E-state index contributed by atoms with van der Waals surface area (Å²) >= 11 is 0. The van der Waals surface area contributed by atoms with Gasteiger partial charge in [0.25, 0.3) is 0 Å². The average molecular weight is 206 g/mol. The number of hydrogen-bond acceptors (Lipinski definition) is 2. The van der Waals surface area contributed by atoms with Crippen LogP contribution in [0.3, 0.4) is 0 Å². The van der Waals surface area contributed by atoms with E-state index >= 15 is 0 Å². The molecule has 0 saturated heterocycles. The molecule has 1 aromatic carbocycles. The molecule has 0 aromatic heterocycles. The maximum absolute atomic E-state index is 5.34. The summed E-state index contributed by atoms with van der Waals surface area (Å²) in [7, 11) is 3.34. The number of aryl methyl sites for hydroxylation is 1. The van der Waals surface area contributed by atoms with Crippen LogP contribution >= 0.6 is 0 Å². The quantitative estimate of drug-likeness (QED) is 0.752. The smallest absolute Gasteiger partial charge is 0.163 e. The van der Waals surface area contributed by atoms with Gasteiger partial charge in [0, 0.05) is 0 Å². The Morgan fingerprint density at radius 2 is 1.93 bits per heavy atom. The molecule has 82 valence electrons. The summed E-state index contributed by atoms with van der Waals surface area (Å²) in [5, 5.41) is 0. The van der Waals surface area contributed by atoms with E-state index in [1.54, 1.807) is 14.2 Å². The lowest BCUT2D eigenvalue weighted by Gasteiger charge is -2.12.